The van der Waals surface area contributed by atoms with Crippen LogP contribution in [0.2, 0.25) is 0 Å². The number of hydrogen-bond acceptors (Lipinski definition) is 3. The SMILES string of the molecule is Cc1cc(C(=O)N2CCC[C@@H](C(N)=O)C2)sc1C. The van der Waals surface area contributed by atoms with Crippen LogP contribution in [-0.2, 0) is 4.79 Å². The quantitative estimate of drug-likeness (QED) is 0.885. The van der Waals surface area contributed by atoms with E-state index >= 15 is 0 Å². The molecule has 2 rings (SSSR count). The molecule has 1 aliphatic rings. The van der Waals surface area contributed by atoms with Gasteiger partial charge in [0.25, 0.3) is 5.91 Å². The molecule has 5 heteroatoms. The van der Waals surface area contributed by atoms with Gasteiger partial charge in [-0.2, -0.15) is 0 Å². The number of thiophene rings is 1. The normalized spacial score (nSPS) is 19.9. The molecule has 0 unspecified atom stereocenters. The number of piperidine rings is 1. The number of likely N-dealkylation sites (tertiary alicyclic amines) is 1. The highest BCUT2D eigenvalue weighted by atomic mass is 32.1. The van der Waals surface area contributed by atoms with Gasteiger partial charge in [-0.1, -0.05) is 0 Å². The molecule has 1 fully saturated rings. The maximum atomic E-state index is 12.3. The van der Waals surface area contributed by atoms with Gasteiger partial charge in [0.05, 0.1) is 10.8 Å². The first-order valence-corrected chi connectivity index (χ1v) is 6.96. The highest BCUT2D eigenvalue weighted by Crippen LogP contribution is 2.24. The van der Waals surface area contributed by atoms with Crippen molar-refractivity contribution in [2.75, 3.05) is 13.1 Å². The van der Waals surface area contributed by atoms with Crippen LogP contribution in [0.5, 0.6) is 0 Å². The molecule has 98 valence electrons. The van der Waals surface area contributed by atoms with Crippen molar-refractivity contribution in [2.24, 2.45) is 11.7 Å². The van der Waals surface area contributed by atoms with Crippen LogP contribution in [0.25, 0.3) is 0 Å². The maximum Gasteiger partial charge on any atom is 0.263 e. The average Bonchev–Trinajstić information content (AvgIpc) is 2.69. The number of carbonyl (C=O) groups is 2. The second-order valence-electron chi connectivity index (χ2n) is 4.84. The summed E-state index contributed by atoms with van der Waals surface area (Å²) in [6.45, 7) is 5.20. The Morgan fingerprint density at radius 2 is 2.17 bits per heavy atom. The van der Waals surface area contributed by atoms with Gasteiger partial charge in [0.1, 0.15) is 0 Å². The van der Waals surface area contributed by atoms with Crippen molar-refractivity contribution < 1.29 is 9.59 Å². The third kappa shape index (κ3) is 2.56. The molecule has 2 N–H and O–H groups in total. The van der Waals surface area contributed by atoms with E-state index < -0.39 is 0 Å². The molecule has 1 aromatic rings. The molecule has 1 aromatic heterocycles. The third-order valence-corrected chi connectivity index (χ3v) is 4.63. The van der Waals surface area contributed by atoms with Crippen LogP contribution >= 0.6 is 11.3 Å². The van der Waals surface area contributed by atoms with Crippen molar-refractivity contribution in [3.8, 4) is 0 Å². The number of amides is 2. The lowest BCUT2D eigenvalue weighted by atomic mass is 9.97. The predicted molar refractivity (Wildman–Crippen MR) is 71.6 cm³/mol. The topological polar surface area (TPSA) is 63.4 Å². The zero-order chi connectivity index (χ0) is 13.3. The molecule has 0 saturated carbocycles. The summed E-state index contributed by atoms with van der Waals surface area (Å²) >= 11 is 1.52. The highest BCUT2D eigenvalue weighted by molar-refractivity contribution is 7.14. The molecular weight excluding hydrogens is 248 g/mol. The average molecular weight is 266 g/mol. The van der Waals surface area contributed by atoms with Gasteiger partial charge in [0, 0.05) is 18.0 Å². The van der Waals surface area contributed by atoms with E-state index in [1.165, 1.54) is 16.2 Å². The summed E-state index contributed by atoms with van der Waals surface area (Å²) in [7, 11) is 0. The van der Waals surface area contributed by atoms with Crippen LogP contribution in [0.1, 0.15) is 33.0 Å². The first-order valence-electron chi connectivity index (χ1n) is 6.14. The van der Waals surface area contributed by atoms with E-state index in [9.17, 15) is 9.59 Å². The van der Waals surface area contributed by atoms with Crippen molar-refractivity contribution in [2.45, 2.75) is 26.7 Å². The first-order chi connectivity index (χ1) is 8.49. The van der Waals surface area contributed by atoms with E-state index in [1.807, 2.05) is 19.9 Å². The molecule has 0 bridgehead atoms. The molecular formula is C13H18N2O2S. The molecule has 1 saturated heterocycles. The van der Waals surface area contributed by atoms with Gasteiger partial charge in [0.15, 0.2) is 0 Å². The molecule has 2 amide bonds. The second-order valence-corrected chi connectivity index (χ2v) is 6.10. The number of carbonyl (C=O) groups excluding carboxylic acids is 2. The Kier molecular flexibility index (Phi) is 3.71. The molecule has 18 heavy (non-hydrogen) atoms. The molecule has 0 radical (unpaired) electrons. The Bertz CT molecular complexity index is 462. The lowest BCUT2D eigenvalue weighted by Gasteiger charge is -2.30. The summed E-state index contributed by atoms with van der Waals surface area (Å²) < 4.78 is 0. The number of rotatable bonds is 2. The Balaban J connectivity index is 2.11. The maximum absolute atomic E-state index is 12.3. The van der Waals surface area contributed by atoms with Gasteiger partial charge in [-0.05, 0) is 38.3 Å². The summed E-state index contributed by atoms with van der Waals surface area (Å²) in [5, 5.41) is 0. The summed E-state index contributed by atoms with van der Waals surface area (Å²) in [4.78, 5) is 27.2. The van der Waals surface area contributed by atoms with E-state index in [1.54, 1.807) is 4.90 Å². The minimum Gasteiger partial charge on any atom is -0.369 e. The van der Waals surface area contributed by atoms with E-state index in [0.717, 1.165) is 29.8 Å². The molecule has 4 nitrogen and oxygen atoms in total. The molecule has 0 aliphatic carbocycles. The van der Waals surface area contributed by atoms with Gasteiger partial charge in [-0.3, -0.25) is 9.59 Å². The van der Waals surface area contributed by atoms with Gasteiger partial charge in [0.2, 0.25) is 5.91 Å². The van der Waals surface area contributed by atoms with E-state index in [0.29, 0.717) is 6.54 Å². The Hall–Kier alpha value is -1.36. The Morgan fingerprint density at radius 1 is 1.44 bits per heavy atom. The van der Waals surface area contributed by atoms with Crippen molar-refractivity contribution in [1.82, 2.24) is 4.90 Å². The number of aryl methyl sites for hydroxylation is 2. The Morgan fingerprint density at radius 3 is 2.72 bits per heavy atom. The highest BCUT2D eigenvalue weighted by Gasteiger charge is 2.28. The van der Waals surface area contributed by atoms with Crippen molar-refractivity contribution in [3.05, 3.63) is 21.4 Å². The van der Waals surface area contributed by atoms with Crippen LogP contribution in [-0.4, -0.2) is 29.8 Å². The van der Waals surface area contributed by atoms with Crippen LogP contribution < -0.4 is 5.73 Å². The minimum atomic E-state index is -0.300. The number of nitrogens with two attached hydrogens (primary N) is 1. The predicted octanol–water partition coefficient (Wildman–Crippen LogP) is 1.70. The lowest BCUT2D eigenvalue weighted by Crippen LogP contribution is -2.43. The van der Waals surface area contributed by atoms with Crippen LogP contribution in [0, 0.1) is 19.8 Å². The summed E-state index contributed by atoms with van der Waals surface area (Å²) in [5.74, 6) is -0.460. The summed E-state index contributed by atoms with van der Waals surface area (Å²) in [6, 6.07) is 1.93. The fourth-order valence-electron chi connectivity index (χ4n) is 2.23. The molecule has 0 spiro atoms. The van der Waals surface area contributed by atoms with E-state index in [4.69, 9.17) is 5.73 Å². The minimum absolute atomic E-state index is 0.0298. The third-order valence-electron chi connectivity index (χ3n) is 3.49. The van der Waals surface area contributed by atoms with Gasteiger partial charge in [-0.25, -0.2) is 0 Å². The van der Waals surface area contributed by atoms with Crippen LogP contribution in [0.15, 0.2) is 6.07 Å². The second kappa shape index (κ2) is 5.10. The number of nitrogens with zero attached hydrogens (tertiary/aromatic N) is 1. The zero-order valence-corrected chi connectivity index (χ0v) is 11.5. The number of primary amides is 1. The molecule has 0 aromatic carbocycles. The largest absolute Gasteiger partial charge is 0.369 e. The van der Waals surface area contributed by atoms with Gasteiger partial charge in [-0.15, -0.1) is 11.3 Å². The first kappa shape index (κ1) is 13.1. The fraction of sp³-hybridized carbons (Fsp3) is 0.538. The standard InChI is InChI=1S/C13H18N2O2S/c1-8-6-11(18-9(8)2)13(17)15-5-3-4-10(7-15)12(14)16/h6,10H,3-5,7H2,1-2H3,(H2,14,16)/t10-/m1/s1. The zero-order valence-electron chi connectivity index (χ0n) is 10.7. The van der Waals surface area contributed by atoms with Gasteiger partial charge < -0.3 is 10.6 Å². The fourth-order valence-corrected chi connectivity index (χ4v) is 3.23. The van der Waals surface area contributed by atoms with Crippen LogP contribution in [0.4, 0.5) is 0 Å². The van der Waals surface area contributed by atoms with Crippen molar-refractivity contribution in [3.63, 3.8) is 0 Å². The summed E-state index contributed by atoms with van der Waals surface area (Å²) in [5.41, 5.74) is 6.47. The number of hydrogen-bond donors (Lipinski definition) is 1. The monoisotopic (exact) mass is 266 g/mol. The Labute approximate surface area is 111 Å². The van der Waals surface area contributed by atoms with Crippen molar-refractivity contribution in [1.29, 1.82) is 0 Å². The molecule has 1 atom stereocenters. The van der Waals surface area contributed by atoms with E-state index in [-0.39, 0.29) is 17.7 Å². The molecule has 1 aliphatic heterocycles. The van der Waals surface area contributed by atoms with Gasteiger partial charge >= 0.3 is 0 Å². The lowest BCUT2D eigenvalue weighted by molar-refractivity contribution is -0.123. The molecule has 2 heterocycles. The summed E-state index contributed by atoms with van der Waals surface area (Å²) in [6.07, 6.45) is 1.64. The van der Waals surface area contributed by atoms with E-state index in [2.05, 4.69) is 0 Å². The van der Waals surface area contributed by atoms with Crippen molar-refractivity contribution >= 4 is 23.2 Å². The smallest absolute Gasteiger partial charge is 0.263 e. The van der Waals surface area contributed by atoms with Crippen LogP contribution in [0.3, 0.4) is 0 Å².